The van der Waals surface area contributed by atoms with Crippen molar-refractivity contribution in [3.63, 3.8) is 0 Å². The van der Waals surface area contributed by atoms with Gasteiger partial charge in [-0.3, -0.25) is 9.63 Å². The molecule has 0 aliphatic rings. The summed E-state index contributed by atoms with van der Waals surface area (Å²) in [5.41, 5.74) is 5.03. The zero-order chi connectivity index (χ0) is 23.8. The van der Waals surface area contributed by atoms with E-state index in [0.29, 0.717) is 11.5 Å². The number of para-hydroxylation sites is 2. The highest BCUT2D eigenvalue weighted by atomic mass is 32.2. The predicted octanol–water partition coefficient (Wildman–Crippen LogP) is 5.32. The molecule has 8 nitrogen and oxygen atoms in total. The average molecular weight is 455 g/mol. The second-order valence-electron chi connectivity index (χ2n) is 6.00. The fourth-order valence-electron chi connectivity index (χ4n) is 2.01. The Balaban J connectivity index is 0.000000556. The number of hydrazone groups is 1. The number of hydrogen-bond acceptors (Lipinski definition) is 6. The number of rotatable bonds is 5. The first-order chi connectivity index (χ1) is 15.5. The summed E-state index contributed by atoms with van der Waals surface area (Å²) in [7, 11) is 2.92. The van der Waals surface area contributed by atoms with Gasteiger partial charge in [-0.25, -0.2) is 4.31 Å². The molecule has 0 saturated heterocycles. The van der Waals surface area contributed by atoms with Gasteiger partial charge in [0, 0.05) is 16.8 Å². The predicted molar refractivity (Wildman–Crippen MR) is 130 cm³/mol. The summed E-state index contributed by atoms with van der Waals surface area (Å²) in [6.45, 7) is 4.00. The van der Waals surface area contributed by atoms with Crippen molar-refractivity contribution in [2.75, 3.05) is 19.5 Å². The Kier molecular flexibility index (Phi) is 12.8. The van der Waals surface area contributed by atoms with Gasteiger partial charge in [0.1, 0.15) is 11.4 Å². The van der Waals surface area contributed by atoms with Crippen LogP contribution in [0.3, 0.4) is 0 Å². The van der Waals surface area contributed by atoms with Crippen molar-refractivity contribution in [2.45, 2.75) is 13.8 Å². The lowest BCUT2D eigenvalue weighted by Crippen LogP contribution is -2.13. The minimum Gasteiger partial charge on any atom is -0.760 e. The maximum Gasteiger partial charge on any atom is 0.201 e. The summed E-state index contributed by atoms with van der Waals surface area (Å²) >= 11 is -2.03. The Hall–Kier alpha value is -3.40. The summed E-state index contributed by atoms with van der Waals surface area (Å²) in [6.07, 6.45) is 0. The molecular weight excluding hydrogens is 426 g/mol. The van der Waals surface area contributed by atoms with Gasteiger partial charge in [0.2, 0.25) is 5.84 Å². The molecule has 0 aliphatic heterocycles. The highest BCUT2D eigenvalue weighted by Gasteiger charge is 2.03. The quantitative estimate of drug-likeness (QED) is 0.179. The summed E-state index contributed by atoms with van der Waals surface area (Å²) < 4.78 is 20.3. The van der Waals surface area contributed by atoms with Crippen LogP contribution in [0.4, 0.5) is 11.4 Å². The molecule has 0 aromatic heterocycles. The fourth-order valence-corrected chi connectivity index (χ4v) is 2.01. The standard InChI is InChI=1S/C19H16N4O.C2H7NO2S.C2H6/c24-18-14-8-7-13-17(18)21-23-19(15-9-3-1-4-10-15)22-20-16-11-5-2-6-12-16;1-3(2)6(4)5;1-2/h1-14,20,24H;1-2H3,(H,4,5);1-2H3/p-1/b22-19-,23-21?;;. The summed E-state index contributed by atoms with van der Waals surface area (Å²) in [4.78, 5) is 0. The van der Waals surface area contributed by atoms with Crippen LogP contribution in [0.1, 0.15) is 19.4 Å². The van der Waals surface area contributed by atoms with E-state index in [1.165, 1.54) is 14.1 Å². The van der Waals surface area contributed by atoms with E-state index in [4.69, 9.17) is 0 Å². The molecule has 1 unspecified atom stereocenters. The second-order valence-corrected chi connectivity index (χ2v) is 7.16. The van der Waals surface area contributed by atoms with Gasteiger partial charge in [-0.15, -0.1) is 10.2 Å². The van der Waals surface area contributed by atoms with E-state index in [2.05, 4.69) is 20.8 Å². The summed E-state index contributed by atoms with van der Waals surface area (Å²) in [6, 6.07) is 25.9. The normalized spacial score (nSPS) is 11.8. The van der Waals surface area contributed by atoms with E-state index in [1.807, 2.05) is 74.5 Å². The number of phenolic OH excluding ortho intramolecular Hbond substituents is 1. The van der Waals surface area contributed by atoms with Crippen LogP contribution in [-0.4, -0.2) is 38.1 Å². The molecule has 0 aliphatic carbocycles. The Bertz CT molecular complexity index is 997. The maximum atomic E-state index is 9.79. The number of aromatic hydroxyl groups is 1. The molecule has 1 atom stereocenters. The van der Waals surface area contributed by atoms with Crippen molar-refractivity contribution < 1.29 is 13.9 Å². The minimum absolute atomic E-state index is 0.0738. The molecule has 0 heterocycles. The Morgan fingerprint density at radius 2 is 1.41 bits per heavy atom. The number of azo groups is 1. The SMILES string of the molecule is CC.CN(C)S(=O)[O-].Oc1ccccc1N=N/C(=N\Nc1ccccc1)c1ccccc1. The smallest absolute Gasteiger partial charge is 0.201 e. The van der Waals surface area contributed by atoms with Crippen molar-refractivity contribution in [2.24, 2.45) is 15.3 Å². The van der Waals surface area contributed by atoms with Crippen LogP contribution in [-0.2, 0) is 11.3 Å². The van der Waals surface area contributed by atoms with Gasteiger partial charge >= 0.3 is 0 Å². The molecule has 32 heavy (non-hydrogen) atoms. The Morgan fingerprint density at radius 3 is 1.94 bits per heavy atom. The number of amidine groups is 1. The first-order valence-corrected chi connectivity index (χ1v) is 10.9. The largest absolute Gasteiger partial charge is 0.760 e. The van der Waals surface area contributed by atoms with Crippen LogP contribution in [0, 0.1) is 0 Å². The molecule has 2 N–H and O–H groups in total. The molecular formula is C23H28N5O3S-. The molecule has 3 aromatic carbocycles. The second kappa shape index (κ2) is 15.4. The number of nitrogens with one attached hydrogen (secondary N) is 1. The maximum absolute atomic E-state index is 9.79. The number of nitrogens with zero attached hydrogens (tertiary/aromatic N) is 4. The molecule has 3 aromatic rings. The first kappa shape index (κ1) is 26.6. The van der Waals surface area contributed by atoms with Crippen LogP contribution in [0.2, 0.25) is 0 Å². The van der Waals surface area contributed by atoms with E-state index in [0.717, 1.165) is 15.6 Å². The van der Waals surface area contributed by atoms with Crippen molar-refractivity contribution >= 4 is 28.5 Å². The molecule has 0 spiro atoms. The highest BCUT2D eigenvalue weighted by molar-refractivity contribution is 7.76. The summed E-state index contributed by atoms with van der Waals surface area (Å²) in [5.74, 6) is 0.493. The van der Waals surface area contributed by atoms with Crippen LogP contribution in [0.15, 0.2) is 100 Å². The van der Waals surface area contributed by atoms with E-state index in [-0.39, 0.29) is 5.75 Å². The lowest BCUT2D eigenvalue weighted by molar-refractivity contribution is 0.470. The Labute approximate surface area is 191 Å². The first-order valence-electron chi connectivity index (χ1n) is 9.88. The van der Waals surface area contributed by atoms with Crippen molar-refractivity contribution in [3.05, 3.63) is 90.5 Å². The van der Waals surface area contributed by atoms with Crippen molar-refractivity contribution in [3.8, 4) is 5.75 Å². The number of hydrogen-bond donors (Lipinski definition) is 2. The van der Waals surface area contributed by atoms with Gasteiger partial charge in [0.05, 0.1) is 5.69 Å². The molecule has 0 amide bonds. The van der Waals surface area contributed by atoms with E-state index >= 15 is 0 Å². The third-order valence-corrected chi connectivity index (χ3v) is 4.13. The minimum atomic E-state index is -2.03. The zero-order valence-electron chi connectivity index (χ0n) is 18.5. The van der Waals surface area contributed by atoms with Gasteiger partial charge in [-0.1, -0.05) is 74.5 Å². The van der Waals surface area contributed by atoms with Gasteiger partial charge in [-0.05, 0) is 38.4 Å². The number of benzene rings is 3. The van der Waals surface area contributed by atoms with Gasteiger partial charge < -0.3 is 9.66 Å². The molecule has 0 radical (unpaired) electrons. The van der Waals surface area contributed by atoms with Crippen molar-refractivity contribution in [1.82, 2.24) is 4.31 Å². The topological polar surface area (TPSA) is 113 Å². The van der Waals surface area contributed by atoms with E-state index in [1.54, 1.807) is 24.3 Å². The lowest BCUT2D eigenvalue weighted by Gasteiger charge is -2.10. The molecule has 0 fully saturated rings. The molecule has 170 valence electrons. The van der Waals surface area contributed by atoms with E-state index in [9.17, 15) is 13.9 Å². The fraction of sp³-hybridized carbons (Fsp3) is 0.174. The van der Waals surface area contributed by atoms with Crippen LogP contribution in [0.25, 0.3) is 0 Å². The van der Waals surface area contributed by atoms with Gasteiger partial charge in [0.25, 0.3) is 0 Å². The molecule has 3 rings (SSSR count). The summed E-state index contributed by atoms with van der Waals surface area (Å²) in [5, 5.41) is 22.4. The van der Waals surface area contributed by atoms with Gasteiger partial charge in [-0.2, -0.15) is 5.10 Å². The number of anilines is 1. The van der Waals surface area contributed by atoms with Crippen molar-refractivity contribution in [1.29, 1.82) is 0 Å². The Morgan fingerprint density at radius 1 is 0.906 bits per heavy atom. The lowest BCUT2D eigenvalue weighted by atomic mass is 10.2. The van der Waals surface area contributed by atoms with Crippen LogP contribution < -0.4 is 5.43 Å². The van der Waals surface area contributed by atoms with E-state index < -0.39 is 11.3 Å². The third-order valence-electron chi connectivity index (χ3n) is 3.53. The van der Waals surface area contributed by atoms with Crippen LogP contribution in [0.5, 0.6) is 5.75 Å². The molecule has 9 heteroatoms. The number of phenols is 1. The van der Waals surface area contributed by atoms with Gasteiger partial charge in [0.15, 0.2) is 0 Å². The molecule has 0 saturated carbocycles. The zero-order valence-corrected chi connectivity index (χ0v) is 19.4. The highest BCUT2D eigenvalue weighted by Crippen LogP contribution is 2.25. The van der Waals surface area contributed by atoms with Crippen LogP contribution >= 0.6 is 0 Å². The monoisotopic (exact) mass is 454 g/mol. The third kappa shape index (κ3) is 10.1. The molecule has 0 bridgehead atoms. The average Bonchev–Trinajstić information content (AvgIpc) is 2.83.